The van der Waals surface area contributed by atoms with Crippen LogP contribution >= 0.6 is 0 Å². The van der Waals surface area contributed by atoms with E-state index in [0.717, 1.165) is 11.8 Å². The van der Waals surface area contributed by atoms with Crippen molar-refractivity contribution < 1.29 is 0 Å². The summed E-state index contributed by atoms with van der Waals surface area (Å²) in [6.07, 6.45) is 1.30. The fraction of sp³-hybridized carbons (Fsp3) is 1.00. The molecule has 0 spiro atoms. The van der Waals surface area contributed by atoms with Crippen molar-refractivity contribution in [1.29, 1.82) is 0 Å². The number of nitrogens with zero attached hydrogens (tertiary/aromatic N) is 1. The Kier molecular flexibility index (Phi) is 2.72. The molecule has 1 aliphatic rings. The van der Waals surface area contributed by atoms with Crippen molar-refractivity contribution in [3.8, 4) is 0 Å². The molecular weight excluding hydrogens is 122 g/mol. The average Bonchev–Trinajstić information content (AvgIpc) is 2.14. The van der Waals surface area contributed by atoms with Crippen molar-refractivity contribution in [2.24, 2.45) is 11.8 Å². The molecule has 0 unspecified atom stereocenters. The number of rotatable bonds is 2. The van der Waals surface area contributed by atoms with Crippen LogP contribution in [-0.4, -0.2) is 24.5 Å². The Labute approximate surface area is 64.4 Å². The smallest absolute Gasteiger partial charge is 0.00102 e. The third-order valence-corrected chi connectivity index (χ3v) is 2.60. The van der Waals surface area contributed by atoms with Crippen LogP contribution in [0.4, 0.5) is 0 Å². The first kappa shape index (κ1) is 8.06. The predicted octanol–water partition coefficient (Wildman–Crippen LogP) is 1.98. The minimum Gasteiger partial charge on any atom is -0.303 e. The van der Waals surface area contributed by atoms with Gasteiger partial charge in [-0.3, -0.25) is 0 Å². The lowest BCUT2D eigenvalue weighted by Gasteiger charge is -2.12. The Morgan fingerprint density at radius 1 is 1.20 bits per heavy atom. The predicted molar refractivity (Wildman–Crippen MR) is 45.1 cm³/mol. The summed E-state index contributed by atoms with van der Waals surface area (Å²) in [4.78, 5) is 2.58. The van der Waals surface area contributed by atoms with Crippen molar-refractivity contribution in [3.63, 3.8) is 0 Å². The number of likely N-dealkylation sites (tertiary alicyclic amines) is 1. The quantitative estimate of drug-likeness (QED) is 0.568. The molecule has 0 bridgehead atoms. The molecule has 1 heteroatoms. The number of hydrogen-bond donors (Lipinski definition) is 0. The van der Waals surface area contributed by atoms with Gasteiger partial charge in [-0.1, -0.05) is 20.8 Å². The highest BCUT2D eigenvalue weighted by Gasteiger charge is 2.24. The highest BCUT2D eigenvalue weighted by atomic mass is 15.1. The molecule has 1 rings (SSSR count). The van der Waals surface area contributed by atoms with Crippen molar-refractivity contribution in [2.75, 3.05) is 19.6 Å². The molecule has 0 saturated carbocycles. The molecule has 1 heterocycles. The summed E-state index contributed by atoms with van der Waals surface area (Å²) in [5, 5.41) is 0. The molecule has 1 saturated heterocycles. The van der Waals surface area contributed by atoms with Gasteiger partial charge in [-0.2, -0.15) is 0 Å². The minimum absolute atomic E-state index is 0.923. The van der Waals surface area contributed by atoms with E-state index >= 15 is 0 Å². The third-order valence-electron chi connectivity index (χ3n) is 2.60. The Morgan fingerprint density at radius 2 is 1.70 bits per heavy atom. The van der Waals surface area contributed by atoms with Gasteiger partial charge in [0, 0.05) is 13.1 Å². The van der Waals surface area contributed by atoms with E-state index in [4.69, 9.17) is 0 Å². The molecule has 0 aromatic heterocycles. The monoisotopic (exact) mass is 141 g/mol. The Hall–Kier alpha value is -0.0400. The lowest BCUT2D eigenvalue weighted by molar-refractivity contribution is 0.324. The molecule has 1 aliphatic heterocycles. The first-order valence-electron chi connectivity index (χ1n) is 4.46. The molecule has 0 aliphatic carbocycles. The molecule has 0 aromatic rings. The van der Waals surface area contributed by atoms with Crippen LogP contribution in [0, 0.1) is 11.8 Å². The van der Waals surface area contributed by atoms with E-state index in [-0.39, 0.29) is 0 Å². The zero-order valence-corrected chi connectivity index (χ0v) is 7.43. The Morgan fingerprint density at radius 3 is 2.10 bits per heavy atom. The van der Waals surface area contributed by atoms with Crippen molar-refractivity contribution in [1.82, 2.24) is 4.90 Å². The van der Waals surface area contributed by atoms with Crippen LogP contribution in [0.1, 0.15) is 27.2 Å². The van der Waals surface area contributed by atoms with Gasteiger partial charge >= 0.3 is 0 Å². The molecule has 10 heavy (non-hydrogen) atoms. The van der Waals surface area contributed by atoms with Gasteiger partial charge in [0.25, 0.3) is 0 Å². The summed E-state index contributed by atoms with van der Waals surface area (Å²) in [6, 6.07) is 0. The highest BCUT2D eigenvalue weighted by molar-refractivity contribution is 4.77. The second kappa shape index (κ2) is 3.38. The maximum atomic E-state index is 2.58. The lowest BCUT2D eigenvalue weighted by atomic mass is 10.0. The molecule has 60 valence electrons. The fourth-order valence-corrected chi connectivity index (χ4v) is 1.75. The van der Waals surface area contributed by atoms with E-state index in [1.807, 2.05) is 0 Å². The Bertz CT molecular complexity index is 90.9. The van der Waals surface area contributed by atoms with Crippen LogP contribution in [0.5, 0.6) is 0 Å². The van der Waals surface area contributed by atoms with E-state index in [0.29, 0.717) is 0 Å². The molecule has 2 atom stereocenters. The standard InChI is InChI=1S/C9H19N/c1-4-5-10-6-8(2)9(3)7-10/h8-9H,4-7H2,1-3H3/t8-,9-/m1/s1. The van der Waals surface area contributed by atoms with Crippen LogP contribution in [0.3, 0.4) is 0 Å². The SMILES string of the molecule is CCCN1C[C@@H](C)[C@H](C)C1. The van der Waals surface area contributed by atoms with E-state index < -0.39 is 0 Å². The second-order valence-electron chi connectivity index (χ2n) is 3.71. The van der Waals surface area contributed by atoms with Crippen LogP contribution in [0.25, 0.3) is 0 Å². The summed E-state index contributed by atoms with van der Waals surface area (Å²) < 4.78 is 0. The van der Waals surface area contributed by atoms with Gasteiger partial charge in [0.1, 0.15) is 0 Å². The minimum atomic E-state index is 0.923. The van der Waals surface area contributed by atoms with E-state index in [9.17, 15) is 0 Å². The number of hydrogen-bond acceptors (Lipinski definition) is 1. The summed E-state index contributed by atoms with van der Waals surface area (Å²) in [5.41, 5.74) is 0. The summed E-state index contributed by atoms with van der Waals surface area (Å²) in [6.45, 7) is 10.9. The third kappa shape index (κ3) is 1.72. The Balaban J connectivity index is 2.27. The van der Waals surface area contributed by atoms with Gasteiger partial charge in [0.2, 0.25) is 0 Å². The summed E-state index contributed by atoms with van der Waals surface area (Å²) in [7, 11) is 0. The maximum absolute atomic E-state index is 2.58. The molecule has 1 fully saturated rings. The molecule has 1 nitrogen and oxygen atoms in total. The van der Waals surface area contributed by atoms with Gasteiger partial charge in [0.05, 0.1) is 0 Å². The average molecular weight is 141 g/mol. The largest absolute Gasteiger partial charge is 0.303 e. The first-order valence-corrected chi connectivity index (χ1v) is 4.46. The molecular formula is C9H19N. The van der Waals surface area contributed by atoms with Gasteiger partial charge < -0.3 is 4.90 Å². The zero-order chi connectivity index (χ0) is 7.56. The van der Waals surface area contributed by atoms with Gasteiger partial charge in [0.15, 0.2) is 0 Å². The molecule has 0 aromatic carbocycles. The van der Waals surface area contributed by atoms with Crippen molar-refractivity contribution in [3.05, 3.63) is 0 Å². The zero-order valence-electron chi connectivity index (χ0n) is 7.43. The second-order valence-corrected chi connectivity index (χ2v) is 3.71. The van der Waals surface area contributed by atoms with Crippen LogP contribution in [0.15, 0.2) is 0 Å². The summed E-state index contributed by atoms with van der Waals surface area (Å²) >= 11 is 0. The summed E-state index contributed by atoms with van der Waals surface area (Å²) in [5.74, 6) is 1.85. The van der Waals surface area contributed by atoms with Crippen LogP contribution < -0.4 is 0 Å². The van der Waals surface area contributed by atoms with Crippen LogP contribution in [0.2, 0.25) is 0 Å². The fourth-order valence-electron chi connectivity index (χ4n) is 1.75. The molecule has 0 radical (unpaired) electrons. The van der Waals surface area contributed by atoms with Crippen molar-refractivity contribution >= 4 is 0 Å². The van der Waals surface area contributed by atoms with Gasteiger partial charge in [-0.25, -0.2) is 0 Å². The van der Waals surface area contributed by atoms with Crippen molar-refractivity contribution in [2.45, 2.75) is 27.2 Å². The van der Waals surface area contributed by atoms with E-state index in [1.165, 1.54) is 26.1 Å². The normalized spacial score (nSPS) is 35.1. The van der Waals surface area contributed by atoms with E-state index in [1.54, 1.807) is 0 Å². The topological polar surface area (TPSA) is 3.24 Å². The van der Waals surface area contributed by atoms with Gasteiger partial charge in [-0.05, 0) is 24.8 Å². The first-order chi connectivity index (χ1) is 4.74. The highest BCUT2D eigenvalue weighted by Crippen LogP contribution is 2.21. The van der Waals surface area contributed by atoms with Gasteiger partial charge in [-0.15, -0.1) is 0 Å². The van der Waals surface area contributed by atoms with Crippen LogP contribution in [-0.2, 0) is 0 Å². The maximum Gasteiger partial charge on any atom is 0.00102 e. The molecule has 0 amide bonds. The van der Waals surface area contributed by atoms with E-state index in [2.05, 4.69) is 25.7 Å². The lowest BCUT2D eigenvalue weighted by Crippen LogP contribution is -2.21. The molecule has 0 N–H and O–H groups in total.